The summed E-state index contributed by atoms with van der Waals surface area (Å²) in [7, 11) is 2.06. The summed E-state index contributed by atoms with van der Waals surface area (Å²) in [4.78, 5) is 0.667. The van der Waals surface area contributed by atoms with Gasteiger partial charge in [0.15, 0.2) is 0 Å². The summed E-state index contributed by atoms with van der Waals surface area (Å²) in [5.41, 5.74) is 2.82. The van der Waals surface area contributed by atoms with E-state index in [0.717, 1.165) is 24.0 Å². The van der Waals surface area contributed by atoms with E-state index in [9.17, 15) is 0 Å². The molecule has 0 spiro atoms. The molecule has 1 aliphatic carbocycles. The van der Waals surface area contributed by atoms with Gasteiger partial charge in [0.05, 0.1) is 5.69 Å². The predicted molar refractivity (Wildman–Crippen MR) is 84.7 cm³/mol. The lowest BCUT2D eigenvalue weighted by Gasteiger charge is -2.42. The number of alkyl halides is 1. The van der Waals surface area contributed by atoms with Gasteiger partial charge in [-0.05, 0) is 49.5 Å². The van der Waals surface area contributed by atoms with Crippen LogP contribution in [0, 0.1) is 24.2 Å². The van der Waals surface area contributed by atoms with Crippen LogP contribution in [0.4, 0.5) is 0 Å². The smallest absolute Gasteiger partial charge is 0.0596 e. The van der Waals surface area contributed by atoms with Gasteiger partial charge in [-0.15, -0.1) is 0 Å². The Morgan fingerprint density at radius 1 is 1.42 bits per heavy atom. The molecule has 1 saturated carbocycles. The summed E-state index contributed by atoms with van der Waals surface area (Å²) in [6.45, 7) is 9.29. The van der Waals surface area contributed by atoms with E-state index in [1.807, 2.05) is 4.68 Å². The molecule has 108 valence electrons. The third-order valence-electron chi connectivity index (χ3n) is 4.77. The van der Waals surface area contributed by atoms with E-state index in [1.54, 1.807) is 0 Å². The van der Waals surface area contributed by atoms with Crippen molar-refractivity contribution in [3.8, 4) is 0 Å². The zero-order valence-electron chi connectivity index (χ0n) is 12.9. The molecule has 0 saturated heterocycles. The van der Waals surface area contributed by atoms with Crippen LogP contribution in [0.3, 0.4) is 0 Å². The van der Waals surface area contributed by atoms with Crippen molar-refractivity contribution in [3.05, 3.63) is 17.5 Å². The summed E-state index contributed by atoms with van der Waals surface area (Å²) in [6, 6.07) is 2.23. The van der Waals surface area contributed by atoms with Crippen LogP contribution in [0.15, 0.2) is 6.07 Å². The Kier molecular flexibility index (Phi) is 4.44. The fraction of sp³-hybridized carbons (Fsp3) is 0.812. The molecule has 3 heteroatoms. The quantitative estimate of drug-likeness (QED) is 0.748. The number of nitrogens with zero attached hydrogens (tertiary/aromatic N) is 2. The van der Waals surface area contributed by atoms with Gasteiger partial charge in [0.25, 0.3) is 0 Å². The molecule has 0 aliphatic heterocycles. The molecule has 1 fully saturated rings. The molecular weight excluding hydrogens is 300 g/mol. The molecule has 0 radical (unpaired) electrons. The van der Waals surface area contributed by atoms with E-state index in [4.69, 9.17) is 0 Å². The zero-order chi connectivity index (χ0) is 14.2. The van der Waals surface area contributed by atoms with E-state index in [-0.39, 0.29) is 0 Å². The zero-order valence-corrected chi connectivity index (χ0v) is 14.5. The van der Waals surface area contributed by atoms with Gasteiger partial charge in [0.1, 0.15) is 0 Å². The highest BCUT2D eigenvalue weighted by atomic mass is 79.9. The second kappa shape index (κ2) is 5.59. The Morgan fingerprint density at radius 3 is 2.63 bits per heavy atom. The third kappa shape index (κ3) is 3.42. The number of hydrogen-bond acceptors (Lipinski definition) is 1. The second-order valence-corrected chi connectivity index (χ2v) is 8.28. The first-order valence-corrected chi connectivity index (χ1v) is 8.35. The SMILES string of the molecule is Cc1cc(CC(C)(C)C2CCC(C)CC2Br)n(C)n1. The molecule has 0 amide bonds. The Labute approximate surface area is 126 Å². The highest BCUT2D eigenvalue weighted by molar-refractivity contribution is 9.09. The molecule has 0 bridgehead atoms. The van der Waals surface area contributed by atoms with Crippen LogP contribution in [0.5, 0.6) is 0 Å². The lowest BCUT2D eigenvalue weighted by molar-refractivity contribution is 0.144. The van der Waals surface area contributed by atoms with Crippen molar-refractivity contribution in [1.82, 2.24) is 9.78 Å². The van der Waals surface area contributed by atoms with Crippen molar-refractivity contribution in [3.63, 3.8) is 0 Å². The normalized spacial score (nSPS) is 28.6. The van der Waals surface area contributed by atoms with Crippen molar-refractivity contribution < 1.29 is 0 Å². The Morgan fingerprint density at radius 2 is 2.11 bits per heavy atom. The molecule has 1 heterocycles. The Balaban J connectivity index is 2.11. The molecule has 1 aliphatic rings. The maximum Gasteiger partial charge on any atom is 0.0596 e. The number of aryl methyl sites for hydroxylation is 2. The molecule has 2 rings (SSSR count). The molecule has 19 heavy (non-hydrogen) atoms. The fourth-order valence-corrected chi connectivity index (χ4v) is 5.24. The number of aromatic nitrogens is 2. The van der Waals surface area contributed by atoms with Gasteiger partial charge in [0, 0.05) is 17.6 Å². The fourth-order valence-electron chi connectivity index (χ4n) is 3.62. The van der Waals surface area contributed by atoms with E-state index in [1.165, 1.54) is 25.0 Å². The molecule has 1 aromatic heterocycles. The maximum absolute atomic E-state index is 4.48. The van der Waals surface area contributed by atoms with Crippen molar-refractivity contribution in [2.45, 2.75) is 58.2 Å². The van der Waals surface area contributed by atoms with Crippen LogP contribution in [0.2, 0.25) is 0 Å². The van der Waals surface area contributed by atoms with Gasteiger partial charge in [0.2, 0.25) is 0 Å². The van der Waals surface area contributed by atoms with Crippen LogP contribution in [-0.2, 0) is 13.5 Å². The van der Waals surface area contributed by atoms with E-state index >= 15 is 0 Å². The third-order valence-corrected chi connectivity index (χ3v) is 5.79. The number of halogens is 1. The first-order chi connectivity index (χ1) is 8.79. The summed E-state index contributed by atoms with van der Waals surface area (Å²) < 4.78 is 2.05. The van der Waals surface area contributed by atoms with Crippen molar-refractivity contribution in [1.29, 1.82) is 0 Å². The van der Waals surface area contributed by atoms with Crippen LogP contribution in [0.25, 0.3) is 0 Å². The first kappa shape index (κ1) is 15.1. The Bertz CT molecular complexity index is 436. The largest absolute Gasteiger partial charge is 0.272 e. The highest BCUT2D eigenvalue weighted by Gasteiger charge is 2.38. The lowest BCUT2D eigenvalue weighted by Crippen LogP contribution is -2.37. The number of hydrogen-bond donors (Lipinski definition) is 0. The van der Waals surface area contributed by atoms with Gasteiger partial charge >= 0.3 is 0 Å². The summed E-state index contributed by atoms with van der Waals surface area (Å²) in [6.07, 6.45) is 5.16. The standard InChI is InChI=1S/C16H27BrN2/c1-11-6-7-14(15(17)8-11)16(3,4)10-13-9-12(2)18-19(13)5/h9,11,14-15H,6-8,10H2,1-5H3. The lowest BCUT2D eigenvalue weighted by atomic mass is 9.67. The molecule has 0 aromatic carbocycles. The van der Waals surface area contributed by atoms with Crippen molar-refractivity contribution >= 4 is 15.9 Å². The minimum absolute atomic E-state index is 0.328. The van der Waals surface area contributed by atoms with Crippen LogP contribution in [0.1, 0.15) is 51.4 Å². The van der Waals surface area contributed by atoms with Gasteiger partial charge in [-0.1, -0.05) is 43.1 Å². The molecular formula is C16H27BrN2. The maximum atomic E-state index is 4.48. The minimum atomic E-state index is 0.328. The minimum Gasteiger partial charge on any atom is -0.272 e. The topological polar surface area (TPSA) is 17.8 Å². The van der Waals surface area contributed by atoms with E-state index < -0.39 is 0 Å². The van der Waals surface area contributed by atoms with Gasteiger partial charge in [-0.3, -0.25) is 4.68 Å². The van der Waals surface area contributed by atoms with Gasteiger partial charge in [-0.25, -0.2) is 0 Å². The summed E-state index contributed by atoms with van der Waals surface area (Å²) >= 11 is 3.95. The highest BCUT2D eigenvalue weighted by Crippen LogP contribution is 2.45. The molecule has 3 atom stereocenters. The van der Waals surface area contributed by atoms with Crippen LogP contribution >= 0.6 is 15.9 Å². The average Bonchev–Trinajstić information content (AvgIpc) is 2.55. The van der Waals surface area contributed by atoms with E-state index in [2.05, 4.69) is 61.8 Å². The second-order valence-electron chi connectivity index (χ2n) is 7.11. The van der Waals surface area contributed by atoms with Gasteiger partial charge in [-0.2, -0.15) is 5.10 Å². The summed E-state index contributed by atoms with van der Waals surface area (Å²) in [5, 5.41) is 4.48. The molecule has 0 N–H and O–H groups in total. The van der Waals surface area contributed by atoms with Crippen molar-refractivity contribution in [2.75, 3.05) is 0 Å². The van der Waals surface area contributed by atoms with E-state index in [0.29, 0.717) is 10.2 Å². The summed E-state index contributed by atoms with van der Waals surface area (Å²) in [5.74, 6) is 1.63. The predicted octanol–water partition coefficient (Wildman–Crippen LogP) is 4.50. The van der Waals surface area contributed by atoms with Gasteiger partial charge < -0.3 is 0 Å². The molecule has 1 aromatic rings. The monoisotopic (exact) mass is 326 g/mol. The average molecular weight is 327 g/mol. The van der Waals surface area contributed by atoms with Crippen LogP contribution < -0.4 is 0 Å². The first-order valence-electron chi connectivity index (χ1n) is 7.43. The number of rotatable bonds is 3. The molecule has 3 unspecified atom stereocenters. The Hall–Kier alpha value is -0.310. The van der Waals surface area contributed by atoms with Crippen LogP contribution in [-0.4, -0.2) is 14.6 Å². The molecule has 2 nitrogen and oxygen atoms in total. The van der Waals surface area contributed by atoms with Crippen molar-refractivity contribution in [2.24, 2.45) is 24.3 Å².